The van der Waals surface area contributed by atoms with Crippen LogP contribution in [0.15, 0.2) is 39.0 Å². The predicted molar refractivity (Wildman–Crippen MR) is 98.3 cm³/mol. The van der Waals surface area contributed by atoms with Crippen molar-refractivity contribution in [3.63, 3.8) is 0 Å². The van der Waals surface area contributed by atoms with Gasteiger partial charge in [0.05, 0.1) is 6.21 Å². The molecule has 1 aromatic carbocycles. The molecule has 0 aliphatic carbocycles. The van der Waals surface area contributed by atoms with Crippen molar-refractivity contribution in [2.75, 3.05) is 5.43 Å². The summed E-state index contributed by atoms with van der Waals surface area (Å²) in [5, 5.41) is 4.20. The summed E-state index contributed by atoms with van der Waals surface area (Å²) in [7, 11) is 1.57. The molecule has 0 saturated carbocycles. The summed E-state index contributed by atoms with van der Waals surface area (Å²) in [6, 6.07) is 7.93. The van der Waals surface area contributed by atoms with Gasteiger partial charge in [-0.1, -0.05) is 36.8 Å². The van der Waals surface area contributed by atoms with E-state index in [9.17, 15) is 9.59 Å². The maximum absolute atomic E-state index is 12.2. The number of nitrogens with zero attached hydrogens (tertiary/aromatic N) is 4. The molecule has 25 heavy (non-hydrogen) atoms. The van der Waals surface area contributed by atoms with E-state index in [1.807, 2.05) is 38.1 Å². The van der Waals surface area contributed by atoms with Gasteiger partial charge in [-0.15, -0.1) is 0 Å². The van der Waals surface area contributed by atoms with E-state index >= 15 is 0 Å². The number of hydrogen-bond acceptors (Lipinski definition) is 5. The summed E-state index contributed by atoms with van der Waals surface area (Å²) in [6.45, 7) is 4.61. The number of aromatic amines is 1. The standard InChI is InChI=1S/C17H20N6O2/c1-4-9-23-13-14(22(3)17(25)20-15(13)24)19-16(23)21-18-10-12-7-5-11(2)6-8-12/h5-8,10H,4,9H2,1-3H3,(H,19,21)(H,20,24,25)/b18-10-. The number of hydrogen-bond donors (Lipinski definition) is 2. The molecule has 0 aliphatic rings. The van der Waals surface area contributed by atoms with E-state index in [-0.39, 0.29) is 0 Å². The van der Waals surface area contributed by atoms with Crippen LogP contribution in [-0.4, -0.2) is 25.3 Å². The topological polar surface area (TPSA) is 97.1 Å². The molecule has 0 radical (unpaired) electrons. The largest absolute Gasteiger partial charge is 0.329 e. The summed E-state index contributed by atoms with van der Waals surface area (Å²) in [5.41, 5.74) is 4.74. The SMILES string of the molecule is CCCn1c(N/N=C\c2ccc(C)cc2)nc2c1c(=O)[nH]c(=O)n2C. The van der Waals surface area contributed by atoms with Crippen molar-refractivity contribution in [1.82, 2.24) is 19.1 Å². The Labute approximate surface area is 143 Å². The Hall–Kier alpha value is -3.16. The number of nitrogens with one attached hydrogen (secondary N) is 2. The summed E-state index contributed by atoms with van der Waals surface area (Å²) in [6.07, 6.45) is 2.49. The van der Waals surface area contributed by atoms with Gasteiger partial charge in [-0.3, -0.25) is 14.3 Å². The fourth-order valence-corrected chi connectivity index (χ4v) is 2.58. The molecule has 0 spiro atoms. The first-order valence-electron chi connectivity index (χ1n) is 8.06. The molecule has 0 amide bonds. The van der Waals surface area contributed by atoms with Gasteiger partial charge in [0.2, 0.25) is 5.95 Å². The monoisotopic (exact) mass is 340 g/mol. The molecule has 2 aromatic heterocycles. The maximum atomic E-state index is 12.2. The zero-order valence-corrected chi connectivity index (χ0v) is 14.4. The molecule has 2 heterocycles. The van der Waals surface area contributed by atoms with E-state index in [0.29, 0.717) is 23.7 Å². The quantitative estimate of drug-likeness (QED) is 0.544. The van der Waals surface area contributed by atoms with E-state index in [1.54, 1.807) is 17.8 Å². The highest BCUT2D eigenvalue weighted by molar-refractivity contribution is 5.80. The molecule has 8 heteroatoms. The number of aryl methyl sites for hydroxylation is 3. The third-order valence-corrected chi connectivity index (χ3v) is 3.91. The molecule has 0 atom stereocenters. The zero-order chi connectivity index (χ0) is 18.0. The van der Waals surface area contributed by atoms with Crippen LogP contribution in [-0.2, 0) is 13.6 Å². The Kier molecular flexibility index (Phi) is 4.51. The fourth-order valence-electron chi connectivity index (χ4n) is 2.58. The molecule has 0 unspecified atom stereocenters. The second-order valence-electron chi connectivity index (χ2n) is 5.86. The highest BCUT2D eigenvalue weighted by Gasteiger charge is 2.16. The fraction of sp³-hybridized carbons (Fsp3) is 0.294. The van der Waals surface area contributed by atoms with Crippen LogP contribution in [0, 0.1) is 6.92 Å². The third-order valence-electron chi connectivity index (χ3n) is 3.91. The molecule has 0 aliphatic heterocycles. The van der Waals surface area contributed by atoms with Gasteiger partial charge < -0.3 is 4.57 Å². The zero-order valence-electron chi connectivity index (χ0n) is 14.4. The average Bonchev–Trinajstić information content (AvgIpc) is 2.94. The number of fused-ring (bicyclic) bond motifs is 1. The molecule has 130 valence electrons. The van der Waals surface area contributed by atoms with Gasteiger partial charge in [0.15, 0.2) is 11.2 Å². The van der Waals surface area contributed by atoms with Crippen molar-refractivity contribution < 1.29 is 0 Å². The number of H-pyrrole nitrogens is 1. The van der Waals surface area contributed by atoms with Crippen molar-refractivity contribution in [3.05, 3.63) is 56.2 Å². The van der Waals surface area contributed by atoms with Crippen molar-refractivity contribution in [2.24, 2.45) is 12.1 Å². The number of aromatic nitrogens is 4. The van der Waals surface area contributed by atoms with Gasteiger partial charge in [0.1, 0.15) is 0 Å². The third kappa shape index (κ3) is 3.23. The number of imidazole rings is 1. The van der Waals surface area contributed by atoms with Crippen molar-refractivity contribution in [3.8, 4) is 0 Å². The van der Waals surface area contributed by atoms with Crippen LogP contribution >= 0.6 is 0 Å². The van der Waals surface area contributed by atoms with Crippen molar-refractivity contribution >= 4 is 23.3 Å². The normalized spacial score (nSPS) is 11.5. The average molecular weight is 340 g/mol. The molecule has 0 bridgehead atoms. The molecular formula is C17H20N6O2. The number of hydrazone groups is 1. The minimum absolute atomic E-state index is 0.329. The highest BCUT2D eigenvalue weighted by atomic mass is 16.2. The van der Waals surface area contributed by atoms with E-state index in [0.717, 1.165) is 12.0 Å². The maximum Gasteiger partial charge on any atom is 0.329 e. The summed E-state index contributed by atoms with van der Waals surface area (Å²) >= 11 is 0. The van der Waals surface area contributed by atoms with Crippen LogP contribution in [0.5, 0.6) is 0 Å². The molecule has 2 N–H and O–H groups in total. The number of anilines is 1. The van der Waals surface area contributed by atoms with Gasteiger partial charge in [0, 0.05) is 13.6 Å². The van der Waals surface area contributed by atoms with Gasteiger partial charge >= 0.3 is 5.69 Å². The Balaban J connectivity index is 2.00. The van der Waals surface area contributed by atoms with Gasteiger partial charge in [0.25, 0.3) is 5.56 Å². The van der Waals surface area contributed by atoms with E-state index < -0.39 is 11.2 Å². The first-order valence-corrected chi connectivity index (χ1v) is 8.06. The van der Waals surface area contributed by atoms with E-state index in [1.165, 1.54) is 10.1 Å². The Morgan fingerprint density at radius 2 is 2.00 bits per heavy atom. The first-order chi connectivity index (χ1) is 12.0. The van der Waals surface area contributed by atoms with Gasteiger partial charge in [-0.25, -0.2) is 10.2 Å². The molecule has 3 aromatic rings. The molecule has 0 saturated heterocycles. The van der Waals surface area contributed by atoms with Gasteiger partial charge in [-0.05, 0) is 18.9 Å². The Bertz CT molecular complexity index is 1040. The molecule has 0 fully saturated rings. The number of rotatable bonds is 5. The van der Waals surface area contributed by atoms with E-state index in [2.05, 4.69) is 20.5 Å². The second kappa shape index (κ2) is 6.76. The summed E-state index contributed by atoms with van der Waals surface area (Å²) in [5.74, 6) is 0.423. The lowest BCUT2D eigenvalue weighted by molar-refractivity contribution is 0.698. The van der Waals surface area contributed by atoms with E-state index in [4.69, 9.17) is 0 Å². The minimum Gasteiger partial charge on any atom is -0.303 e. The molecule has 3 rings (SSSR count). The molecule has 8 nitrogen and oxygen atoms in total. The highest BCUT2D eigenvalue weighted by Crippen LogP contribution is 2.15. The van der Waals surface area contributed by atoms with Crippen LogP contribution in [0.1, 0.15) is 24.5 Å². The summed E-state index contributed by atoms with van der Waals surface area (Å²) < 4.78 is 3.05. The van der Waals surface area contributed by atoms with Crippen molar-refractivity contribution in [2.45, 2.75) is 26.8 Å². The first kappa shape index (κ1) is 16.7. The van der Waals surface area contributed by atoms with Crippen LogP contribution < -0.4 is 16.7 Å². The lowest BCUT2D eigenvalue weighted by Crippen LogP contribution is -2.29. The van der Waals surface area contributed by atoms with Crippen LogP contribution in [0.2, 0.25) is 0 Å². The predicted octanol–water partition coefficient (Wildman–Crippen LogP) is 1.59. The van der Waals surface area contributed by atoms with Crippen LogP contribution in [0.3, 0.4) is 0 Å². The van der Waals surface area contributed by atoms with Gasteiger partial charge in [-0.2, -0.15) is 10.1 Å². The number of benzene rings is 1. The lowest BCUT2D eigenvalue weighted by atomic mass is 10.2. The lowest BCUT2D eigenvalue weighted by Gasteiger charge is -2.05. The molecular weight excluding hydrogens is 320 g/mol. The second-order valence-corrected chi connectivity index (χ2v) is 5.86. The van der Waals surface area contributed by atoms with Crippen molar-refractivity contribution in [1.29, 1.82) is 0 Å². The Morgan fingerprint density at radius 3 is 2.68 bits per heavy atom. The minimum atomic E-state index is -0.492. The summed E-state index contributed by atoms with van der Waals surface area (Å²) in [4.78, 5) is 30.6. The smallest absolute Gasteiger partial charge is 0.303 e. The van der Waals surface area contributed by atoms with Crippen LogP contribution in [0.4, 0.5) is 5.95 Å². The van der Waals surface area contributed by atoms with Crippen LogP contribution in [0.25, 0.3) is 11.2 Å². The Morgan fingerprint density at radius 1 is 1.28 bits per heavy atom.